The van der Waals surface area contributed by atoms with Crippen LogP contribution in [0.4, 0.5) is 15.8 Å². The Morgan fingerprint density at radius 1 is 0.964 bits per heavy atom. The second-order valence-electron chi connectivity index (χ2n) is 6.08. The van der Waals surface area contributed by atoms with Crippen molar-refractivity contribution in [3.8, 4) is 0 Å². The average molecular weight is 419 g/mol. The molecule has 0 aromatic heterocycles. The number of aryl methyl sites for hydroxylation is 1. The van der Waals surface area contributed by atoms with E-state index in [2.05, 4.69) is 10.0 Å². The fourth-order valence-corrected chi connectivity index (χ4v) is 3.81. The number of amides is 1. The second kappa shape index (κ2) is 8.00. The molecule has 8 heteroatoms. The summed E-state index contributed by atoms with van der Waals surface area (Å²) < 4.78 is 41.1. The van der Waals surface area contributed by atoms with Gasteiger partial charge in [0.25, 0.3) is 15.9 Å². The lowest BCUT2D eigenvalue weighted by atomic mass is 10.2. The van der Waals surface area contributed by atoms with E-state index in [1.54, 1.807) is 18.2 Å². The van der Waals surface area contributed by atoms with Gasteiger partial charge in [-0.1, -0.05) is 29.8 Å². The molecule has 3 rings (SSSR count). The molecule has 144 valence electrons. The van der Waals surface area contributed by atoms with Gasteiger partial charge in [-0.2, -0.15) is 0 Å². The molecule has 5 nitrogen and oxygen atoms in total. The predicted octanol–water partition coefficient (Wildman–Crippen LogP) is 4.84. The third-order valence-corrected chi connectivity index (χ3v) is 5.55. The van der Waals surface area contributed by atoms with Gasteiger partial charge in [0.05, 0.1) is 15.5 Å². The topological polar surface area (TPSA) is 75.3 Å². The van der Waals surface area contributed by atoms with Crippen LogP contribution < -0.4 is 10.0 Å². The third-order valence-electron chi connectivity index (χ3n) is 3.85. The van der Waals surface area contributed by atoms with Gasteiger partial charge in [-0.15, -0.1) is 0 Å². The zero-order valence-corrected chi connectivity index (χ0v) is 16.3. The van der Waals surface area contributed by atoms with Crippen molar-refractivity contribution >= 4 is 38.9 Å². The molecule has 0 bridgehead atoms. The fourth-order valence-electron chi connectivity index (χ4n) is 2.53. The zero-order chi connectivity index (χ0) is 20.3. The van der Waals surface area contributed by atoms with Gasteiger partial charge >= 0.3 is 0 Å². The molecule has 3 aromatic carbocycles. The first kappa shape index (κ1) is 19.9. The molecule has 0 saturated heterocycles. The molecule has 28 heavy (non-hydrogen) atoms. The molecule has 1 amide bonds. The molecule has 0 heterocycles. The van der Waals surface area contributed by atoms with Gasteiger partial charge in [-0.05, 0) is 61.0 Å². The van der Waals surface area contributed by atoms with Crippen LogP contribution in [0.15, 0.2) is 71.6 Å². The van der Waals surface area contributed by atoms with Gasteiger partial charge in [0.2, 0.25) is 0 Å². The Bertz CT molecular complexity index is 1150. The number of hydrogen-bond donors (Lipinski definition) is 2. The molecule has 0 saturated carbocycles. The first-order chi connectivity index (χ1) is 13.2. The number of hydrogen-bond acceptors (Lipinski definition) is 3. The van der Waals surface area contributed by atoms with Gasteiger partial charge < -0.3 is 5.32 Å². The van der Waals surface area contributed by atoms with E-state index in [0.29, 0.717) is 5.69 Å². The summed E-state index contributed by atoms with van der Waals surface area (Å²) >= 11 is 6.07. The lowest BCUT2D eigenvalue weighted by Gasteiger charge is -2.11. The standard InChI is InChI=1S/C20H16ClFN2O3S/c1-13-4-2-7-16(10-13)24-28(26,27)17-8-9-19(21)18(12-17)20(25)23-15-6-3-5-14(22)11-15/h2-12,24H,1H3,(H,23,25). The highest BCUT2D eigenvalue weighted by atomic mass is 35.5. The number of carbonyl (C=O) groups excluding carboxylic acids is 1. The van der Waals surface area contributed by atoms with Crippen LogP contribution in [-0.2, 0) is 10.0 Å². The van der Waals surface area contributed by atoms with E-state index in [1.165, 1.54) is 36.4 Å². The Labute approximate surface area is 167 Å². The van der Waals surface area contributed by atoms with Gasteiger partial charge in [-0.3, -0.25) is 9.52 Å². The molecule has 0 aliphatic rings. The maximum absolute atomic E-state index is 13.3. The summed E-state index contributed by atoms with van der Waals surface area (Å²) in [4.78, 5) is 12.4. The van der Waals surface area contributed by atoms with E-state index in [-0.39, 0.29) is 21.2 Å². The number of nitrogens with one attached hydrogen (secondary N) is 2. The maximum atomic E-state index is 13.3. The SMILES string of the molecule is Cc1cccc(NS(=O)(=O)c2ccc(Cl)c(C(=O)Nc3cccc(F)c3)c2)c1. The van der Waals surface area contributed by atoms with Crippen molar-refractivity contribution in [1.82, 2.24) is 0 Å². The van der Waals surface area contributed by atoms with Crippen LogP contribution in [0.1, 0.15) is 15.9 Å². The van der Waals surface area contributed by atoms with Crippen molar-refractivity contribution in [2.75, 3.05) is 10.0 Å². The fraction of sp³-hybridized carbons (Fsp3) is 0.0500. The summed E-state index contributed by atoms with van der Waals surface area (Å²) in [7, 11) is -3.93. The number of rotatable bonds is 5. The van der Waals surface area contributed by atoms with E-state index >= 15 is 0 Å². The Balaban J connectivity index is 1.89. The minimum atomic E-state index is -3.93. The van der Waals surface area contributed by atoms with Crippen LogP contribution in [0, 0.1) is 12.7 Å². The number of benzene rings is 3. The Morgan fingerprint density at radius 2 is 1.68 bits per heavy atom. The summed E-state index contributed by atoms with van der Waals surface area (Å²) in [6, 6.07) is 16.0. The Kier molecular flexibility index (Phi) is 5.67. The van der Waals surface area contributed by atoms with Crippen molar-refractivity contribution in [3.63, 3.8) is 0 Å². The van der Waals surface area contributed by atoms with Crippen LogP contribution in [0.25, 0.3) is 0 Å². The largest absolute Gasteiger partial charge is 0.322 e. The first-order valence-corrected chi connectivity index (χ1v) is 10.1. The van der Waals surface area contributed by atoms with Gasteiger partial charge in [0.15, 0.2) is 0 Å². The maximum Gasteiger partial charge on any atom is 0.261 e. The van der Waals surface area contributed by atoms with Crippen LogP contribution in [-0.4, -0.2) is 14.3 Å². The van der Waals surface area contributed by atoms with E-state index in [1.807, 2.05) is 13.0 Å². The highest BCUT2D eigenvalue weighted by Crippen LogP contribution is 2.24. The minimum Gasteiger partial charge on any atom is -0.322 e. The highest BCUT2D eigenvalue weighted by molar-refractivity contribution is 7.92. The molecule has 0 atom stereocenters. The molecule has 0 aliphatic carbocycles. The first-order valence-electron chi connectivity index (χ1n) is 8.20. The molecule has 0 aliphatic heterocycles. The highest BCUT2D eigenvalue weighted by Gasteiger charge is 2.19. The molecule has 0 radical (unpaired) electrons. The lowest BCUT2D eigenvalue weighted by molar-refractivity contribution is 0.102. The van der Waals surface area contributed by atoms with E-state index < -0.39 is 21.7 Å². The van der Waals surface area contributed by atoms with E-state index in [0.717, 1.165) is 11.6 Å². The lowest BCUT2D eigenvalue weighted by Crippen LogP contribution is -2.16. The van der Waals surface area contributed by atoms with Crippen LogP contribution >= 0.6 is 11.6 Å². The van der Waals surface area contributed by atoms with Gasteiger partial charge in [-0.25, -0.2) is 12.8 Å². The van der Waals surface area contributed by atoms with Crippen LogP contribution in [0.5, 0.6) is 0 Å². The van der Waals surface area contributed by atoms with Crippen molar-refractivity contribution < 1.29 is 17.6 Å². The summed E-state index contributed by atoms with van der Waals surface area (Å²) in [5, 5.41) is 2.57. The van der Waals surface area contributed by atoms with Crippen LogP contribution in [0.3, 0.4) is 0 Å². The van der Waals surface area contributed by atoms with E-state index in [9.17, 15) is 17.6 Å². The molecule has 3 aromatic rings. The number of halogens is 2. The molecule has 2 N–H and O–H groups in total. The third kappa shape index (κ3) is 4.68. The summed E-state index contributed by atoms with van der Waals surface area (Å²) in [5.74, 6) is -1.16. The van der Waals surface area contributed by atoms with Crippen molar-refractivity contribution in [3.05, 3.63) is 88.7 Å². The molecule has 0 fully saturated rings. The second-order valence-corrected chi connectivity index (χ2v) is 8.17. The monoisotopic (exact) mass is 418 g/mol. The normalized spacial score (nSPS) is 11.1. The van der Waals surface area contributed by atoms with Crippen LogP contribution in [0.2, 0.25) is 5.02 Å². The van der Waals surface area contributed by atoms with E-state index in [4.69, 9.17) is 11.6 Å². The average Bonchev–Trinajstić information content (AvgIpc) is 2.61. The predicted molar refractivity (Wildman–Crippen MR) is 108 cm³/mol. The molecular weight excluding hydrogens is 403 g/mol. The summed E-state index contributed by atoms with van der Waals surface area (Å²) in [6.07, 6.45) is 0. The quantitative estimate of drug-likeness (QED) is 0.622. The Hall–Kier alpha value is -2.90. The summed E-state index contributed by atoms with van der Waals surface area (Å²) in [6.45, 7) is 1.84. The summed E-state index contributed by atoms with van der Waals surface area (Å²) in [5.41, 5.74) is 1.48. The number of sulfonamides is 1. The van der Waals surface area contributed by atoms with Gasteiger partial charge in [0, 0.05) is 11.4 Å². The number of anilines is 2. The Morgan fingerprint density at radius 3 is 2.39 bits per heavy atom. The number of carbonyl (C=O) groups is 1. The molecular formula is C20H16ClFN2O3S. The van der Waals surface area contributed by atoms with Gasteiger partial charge in [0.1, 0.15) is 5.82 Å². The molecule has 0 spiro atoms. The smallest absolute Gasteiger partial charge is 0.261 e. The zero-order valence-electron chi connectivity index (χ0n) is 14.7. The van der Waals surface area contributed by atoms with Crippen molar-refractivity contribution in [2.24, 2.45) is 0 Å². The van der Waals surface area contributed by atoms with Crippen molar-refractivity contribution in [1.29, 1.82) is 0 Å². The molecule has 0 unspecified atom stereocenters. The minimum absolute atomic E-state index is 0.0435. The van der Waals surface area contributed by atoms with Crippen molar-refractivity contribution in [2.45, 2.75) is 11.8 Å².